The molecule has 0 radical (unpaired) electrons. The highest BCUT2D eigenvalue weighted by Gasteiger charge is 2.11. The molecule has 0 aliphatic heterocycles. The molecule has 6 nitrogen and oxygen atoms in total. The SMILES string of the molecule is CCCCNc1ccc(NC(=O)c2ccc(OC)c(OC)c2)cn1. The number of aromatic nitrogens is 1. The van der Waals surface area contributed by atoms with Gasteiger partial charge < -0.3 is 20.1 Å². The zero-order valence-corrected chi connectivity index (χ0v) is 14.3. The average molecular weight is 329 g/mol. The molecule has 24 heavy (non-hydrogen) atoms. The summed E-state index contributed by atoms with van der Waals surface area (Å²) < 4.78 is 10.4. The first-order valence-electron chi connectivity index (χ1n) is 7.91. The zero-order valence-electron chi connectivity index (χ0n) is 14.3. The number of rotatable bonds is 8. The average Bonchev–Trinajstić information content (AvgIpc) is 2.62. The standard InChI is InChI=1S/C18H23N3O3/c1-4-5-10-19-17-9-7-14(12-20-17)21-18(22)13-6-8-15(23-2)16(11-13)24-3/h6-9,11-12H,4-5,10H2,1-3H3,(H,19,20)(H,21,22). The van der Waals surface area contributed by atoms with Crippen molar-refractivity contribution < 1.29 is 14.3 Å². The van der Waals surface area contributed by atoms with Gasteiger partial charge in [0.25, 0.3) is 5.91 Å². The van der Waals surface area contributed by atoms with E-state index >= 15 is 0 Å². The highest BCUT2D eigenvalue weighted by atomic mass is 16.5. The van der Waals surface area contributed by atoms with Gasteiger partial charge >= 0.3 is 0 Å². The van der Waals surface area contributed by atoms with Gasteiger partial charge in [-0.15, -0.1) is 0 Å². The minimum atomic E-state index is -0.232. The Morgan fingerprint density at radius 3 is 2.54 bits per heavy atom. The lowest BCUT2D eigenvalue weighted by atomic mass is 10.2. The molecule has 0 bridgehead atoms. The second kappa shape index (κ2) is 8.76. The molecule has 0 saturated carbocycles. The van der Waals surface area contributed by atoms with E-state index in [0.29, 0.717) is 22.7 Å². The fraction of sp³-hybridized carbons (Fsp3) is 0.333. The first kappa shape index (κ1) is 17.6. The van der Waals surface area contributed by atoms with Crippen LogP contribution in [-0.2, 0) is 0 Å². The molecule has 2 aromatic rings. The number of ether oxygens (including phenoxy) is 2. The van der Waals surface area contributed by atoms with Crippen molar-refractivity contribution in [2.45, 2.75) is 19.8 Å². The van der Waals surface area contributed by atoms with Crippen LogP contribution in [0.15, 0.2) is 36.5 Å². The Kier molecular flexibility index (Phi) is 6.42. The van der Waals surface area contributed by atoms with Gasteiger partial charge in [0.2, 0.25) is 0 Å². The van der Waals surface area contributed by atoms with Crippen LogP contribution in [0, 0.1) is 0 Å². The van der Waals surface area contributed by atoms with Crippen LogP contribution in [0.4, 0.5) is 11.5 Å². The molecule has 0 fully saturated rings. The lowest BCUT2D eigenvalue weighted by molar-refractivity contribution is 0.102. The van der Waals surface area contributed by atoms with Crippen molar-refractivity contribution in [2.24, 2.45) is 0 Å². The van der Waals surface area contributed by atoms with Crippen LogP contribution in [0.3, 0.4) is 0 Å². The van der Waals surface area contributed by atoms with Gasteiger partial charge in [-0.3, -0.25) is 4.79 Å². The number of carbonyl (C=O) groups is 1. The van der Waals surface area contributed by atoms with Crippen molar-refractivity contribution in [2.75, 3.05) is 31.4 Å². The molecule has 0 spiro atoms. The summed E-state index contributed by atoms with van der Waals surface area (Å²) in [5.41, 5.74) is 1.12. The van der Waals surface area contributed by atoms with Gasteiger partial charge in [-0.25, -0.2) is 4.98 Å². The van der Waals surface area contributed by atoms with Gasteiger partial charge in [0, 0.05) is 12.1 Å². The van der Waals surface area contributed by atoms with Gasteiger partial charge in [0.15, 0.2) is 11.5 Å². The molecule has 2 rings (SSSR count). The van der Waals surface area contributed by atoms with Crippen molar-refractivity contribution in [1.29, 1.82) is 0 Å². The van der Waals surface area contributed by atoms with E-state index in [0.717, 1.165) is 25.2 Å². The van der Waals surface area contributed by atoms with E-state index in [1.54, 1.807) is 31.5 Å². The van der Waals surface area contributed by atoms with Crippen LogP contribution in [0.1, 0.15) is 30.1 Å². The Hall–Kier alpha value is -2.76. The van der Waals surface area contributed by atoms with Crippen LogP contribution < -0.4 is 20.1 Å². The summed E-state index contributed by atoms with van der Waals surface area (Å²) in [7, 11) is 3.09. The number of methoxy groups -OCH3 is 2. The van der Waals surface area contributed by atoms with E-state index in [2.05, 4.69) is 22.5 Å². The molecule has 1 aromatic carbocycles. The monoisotopic (exact) mass is 329 g/mol. The topological polar surface area (TPSA) is 72.5 Å². The number of unbranched alkanes of at least 4 members (excludes halogenated alkanes) is 1. The lowest BCUT2D eigenvalue weighted by Crippen LogP contribution is -2.12. The molecule has 1 heterocycles. The summed E-state index contributed by atoms with van der Waals surface area (Å²) in [5, 5.41) is 6.05. The van der Waals surface area contributed by atoms with Gasteiger partial charge in [0.05, 0.1) is 26.1 Å². The Morgan fingerprint density at radius 2 is 1.92 bits per heavy atom. The Balaban J connectivity index is 2.01. The third kappa shape index (κ3) is 4.62. The van der Waals surface area contributed by atoms with Crippen LogP contribution >= 0.6 is 0 Å². The minimum Gasteiger partial charge on any atom is -0.493 e. The summed E-state index contributed by atoms with van der Waals surface area (Å²) >= 11 is 0. The second-order valence-electron chi connectivity index (χ2n) is 5.24. The fourth-order valence-electron chi connectivity index (χ4n) is 2.15. The highest BCUT2D eigenvalue weighted by Crippen LogP contribution is 2.27. The number of hydrogen-bond acceptors (Lipinski definition) is 5. The predicted octanol–water partition coefficient (Wildman–Crippen LogP) is 3.56. The molecular weight excluding hydrogens is 306 g/mol. The first-order valence-corrected chi connectivity index (χ1v) is 7.91. The number of anilines is 2. The first-order chi connectivity index (χ1) is 11.7. The smallest absolute Gasteiger partial charge is 0.255 e. The number of amides is 1. The Bertz CT molecular complexity index is 672. The molecule has 0 aliphatic carbocycles. The van der Waals surface area contributed by atoms with Crippen molar-refractivity contribution >= 4 is 17.4 Å². The van der Waals surface area contributed by atoms with Crippen LogP contribution in [-0.4, -0.2) is 31.7 Å². The van der Waals surface area contributed by atoms with Gasteiger partial charge in [0.1, 0.15) is 5.82 Å². The third-order valence-electron chi connectivity index (χ3n) is 3.50. The maximum atomic E-state index is 12.3. The minimum absolute atomic E-state index is 0.232. The number of nitrogens with zero attached hydrogens (tertiary/aromatic N) is 1. The van der Waals surface area contributed by atoms with Gasteiger partial charge in [-0.2, -0.15) is 0 Å². The number of hydrogen-bond donors (Lipinski definition) is 2. The third-order valence-corrected chi connectivity index (χ3v) is 3.50. The maximum absolute atomic E-state index is 12.3. The molecule has 128 valence electrons. The van der Waals surface area contributed by atoms with Crippen molar-refractivity contribution in [3.05, 3.63) is 42.1 Å². The molecule has 6 heteroatoms. The van der Waals surface area contributed by atoms with Crippen molar-refractivity contribution in [3.8, 4) is 11.5 Å². The summed E-state index contributed by atoms with van der Waals surface area (Å²) in [4.78, 5) is 16.6. The van der Waals surface area contributed by atoms with Crippen LogP contribution in [0.25, 0.3) is 0 Å². The van der Waals surface area contributed by atoms with E-state index in [-0.39, 0.29) is 5.91 Å². The molecule has 1 aromatic heterocycles. The molecule has 1 amide bonds. The summed E-state index contributed by atoms with van der Waals surface area (Å²) in [6.45, 7) is 3.03. The summed E-state index contributed by atoms with van der Waals surface area (Å²) in [6, 6.07) is 8.69. The molecule has 0 unspecified atom stereocenters. The Morgan fingerprint density at radius 1 is 1.12 bits per heavy atom. The molecular formula is C18H23N3O3. The molecule has 2 N–H and O–H groups in total. The summed E-state index contributed by atoms with van der Waals surface area (Å²) in [5.74, 6) is 1.66. The number of benzene rings is 1. The largest absolute Gasteiger partial charge is 0.493 e. The van der Waals surface area contributed by atoms with E-state index in [1.165, 1.54) is 7.11 Å². The Labute approximate surface area is 142 Å². The highest BCUT2D eigenvalue weighted by molar-refractivity contribution is 6.04. The number of carbonyl (C=O) groups excluding carboxylic acids is 1. The lowest BCUT2D eigenvalue weighted by Gasteiger charge is -2.10. The van der Waals surface area contributed by atoms with Crippen LogP contribution in [0.2, 0.25) is 0 Å². The normalized spacial score (nSPS) is 10.1. The van der Waals surface area contributed by atoms with E-state index < -0.39 is 0 Å². The second-order valence-corrected chi connectivity index (χ2v) is 5.24. The van der Waals surface area contributed by atoms with Crippen LogP contribution in [0.5, 0.6) is 11.5 Å². The number of pyridine rings is 1. The van der Waals surface area contributed by atoms with Gasteiger partial charge in [-0.05, 0) is 36.8 Å². The number of nitrogens with one attached hydrogen (secondary N) is 2. The molecule has 0 aliphatic rings. The molecule has 0 saturated heterocycles. The van der Waals surface area contributed by atoms with Crippen molar-refractivity contribution in [3.63, 3.8) is 0 Å². The molecule has 0 atom stereocenters. The van der Waals surface area contributed by atoms with E-state index in [9.17, 15) is 4.79 Å². The van der Waals surface area contributed by atoms with E-state index in [1.807, 2.05) is 12.1 Å². The van der Waals surface area contributed by atoms with Gasteiger partial charge in [-0.1, -0.05) is 13.3 Å². The summed E-state index contributed by atoms with van der Waals surface area (Å²) in [6.07, 6.45) is 3.86. The predicted molar refractivity (Wildman–Crippen MR) is 95.1 cm³/mol. The zero-order chi connectivity index (χ0) is 17.4. The van der Waals surface area contributed by atoms with Crippen molar-refractivity contribution in [1.82, 2.24) is 4.98 Å². The quantitative estimate of drug-likeness (QED) is 0.725. The fourth-order valence-corrected chi connectivity index (χ4v) is 2.15. The maximum Gasteiger partial charge on any atom is 0.255 e. The van der Waals surface area contributed by atoms with E-state index in [4.69, 9.17) is 9.47 Å².